The maximum atomic E-state index is 5.16. The summed E-state index contributed by atoms with van der Waals surface area (Å²) in [5, 5.41) is 0. The normalized spacial score (nSPS) is 10.9. The summed E-state index contributed by atoms with van der Waals surface area (Å²) >= 11 is 0. The minimum absolute atomic E-state index is 0.836. The van der Waals surface area contributed by atoms with Crippen LogP contribution in [0.25, 0.3) is 0 Å². The predicted molar refractivity (Wildman–Crippen MR) is 102 cm³/mol. The number of methoxy groups -OCH3 is 1. The molecule has 0 heterocycles. The number of rotatable bonds is 5. The van der Waals surface area contributed by atoms with Crippen molar-refractivity contribution in [1.82, 2.24) is 0 Å². The maximum Gasteiger partial charge on any atom is 0.118 e. The van der Waals surface area contributed by atoms with Crippen molar-refractivity contribution in [2.24, 2.45) is 4.99 Å². The quantitative estimate of drug-likeness (QED) is 0.541. The molecule has 0 aliphatic rings. The van der Waals surface area contributed by atoms with Gasteiger partial charge in [0.2, 0.25) is 0 Å². The molecule has 2 aromatic rings. The molecule has 0 saturated heterocycles. The van der Waals surface area contributed by atoms with Gasteiger partial charge in [-0.15, -0.1) is 0 Å². The molecule has 2 nitrogen and oxygen atoms in total. The van der Waals surface area contributed by atoms with Crippen molar-refractivity contribution in [1.29, 1.82) is 0 Å². The summed E-state index contributed by atoms with van der Waals surface area (Å²) in [6.45, 7) is 6.49. The van der Waals surface area contributed by atoms with Crippen molar-refractivity contribution in [3.8, 4) is 17.7 Å². The minimum Gasteiger partial charge on any atom is -0.497 e. The van der Waals surface area contributed by atoms with Gasteiger partial charge in [-0.2, -0.15) is 0 Å². The standard InChI is InChI=1S/C22H25NO/c1-5-6-10-22(21-9-7-8-17(2)18(21)3)23-16-15-19-11-13-20(24-4)14-12-19/h7-9,11-14H,5-6,10H2,1-4H3. The van der Waals surface area contributed by atoms with Gasteiger partial charge in [-0.25, -0.2) is 4.99 Å². The van der Waals surface area contributed by atoms with Gasteiger partial charge in [0.05, 0.1) is 12.8 Å². The topological polar surface area (TPSA) is 21.6 Å². The Balaban J connectivity index is 2.29. The van der Waals surface area contributed by atoms with E-state index in [9.17, 15) is 0 Å². The zero-order valence-corrected chi connectivity index (χ0v) is 15.0. The summed E-state index contributed by atoms with van der Waals surface area (Å²) < 4.78 is 5.16. The number of hydrogen-bond donors (Lipinski definition) is 0. The zero-order chi connectivity index (χ0) is 17.4. The van der Waals surface area contributed by atoms with Crippen LogP contribution in [0.3, 0.4) is 0 Å². The Kier molecular flexibility index (Phi) is 6.63. The van der Waals surface area contributed by atoms with Crippen LogP contribution in [0.1, 0.15) is 48.4 Å². The first-order valence-electron chi connectivity index (χ1n) is 8.44. The second kappa shape index (κ2) is 8.93. The summed E-state index contributed by atoms with van der Waals surface area (Å²) in [7, 11) is 1.66. The number of ether oxygens (including phenoxy) is 1. The fourth-order valence-electron chi connectivity index (χ4n) is 2.49. The first-order valence-corrected chi connectivity index (χ1v) is 8.44. The molecule has 0 aliphatic carbocycles. The van der Waals surface area contributed by atoms with Gasteiger partial charge >= 0.3 is 0 Å². The molecule has 24 heavy (non-hydrogen) atoms. The van der Waals surface area contributed by atoms with E-state index in [1.165, 1.54) is 16.7 Å². The Morgan fingerprint density at radius 2 is 1.83 bits per heavy atom. The molecule has 0 fully saturated rings. The monoisotopic (exact) mass is 319 g/mol. The van der Waals surface area contributed by atoms with Crippen LogP contribution in [0.4, 0.5) is 0 Å². The molecule has 0 saturated carbocycles. The molecule has 2 heteroatoms. The van der Waals surface area contributed by atoms with Crippen molar-refractivity contribution in [2.75, 3.05) is 7.11 Å². The van der Waals surface area contributed by atoms with E-state index in [1.54, 1.807) is 7.11 Å². The molecular weight excluding hydrogens is 294 g/mol. The zero-order valence-electron chi connectivity index (χ0n) is 15.0. The van der Waals surface area contributed by atoms with Crippen LogP contribution < -0.4 is 4.74 Å². The smallest absolute Gasteiger partial charge is 0.118 e. The van der Waals surface area contributed by atoms with Gasteiger partial charge in [-0.1, -0.05) is 31.5 Å². The van der Waals surface area contributed by atoms with Crippen molar-refractivity contribution < 1.29 is 4.74 Å². The Hall–Kier alpha value is -2.53. The van der Waals surface area contributed by atoms with Crippen LogP contribution in [0, 0.1) is 25.8 Å². The van der Waals surface area contributed by atoms with Crippen LogP contribution in [0.2, 0.25) is 0 Å². The van der Waals surface area contributed by atoms with Crippen molar-refractivity contribution in [2.45, 2.75) is 40.0 Å². The first-order chi connectivity index (χ1) is 11.7. The fourth-order valence-corrected chi connectivity index (χ4v) is 2.49. The van der Waals surface area contributed by atoms with Crippen molar-refractivity contribution in [3.05, 3.63) is 64.7 Å². The molecule has 2 rings (SSSR count). The molecule has 0 N–H and O–H groups in total. The molecular formula is C22H25NO. The van der Waals surface area contributed by atoms with Crippen LogP contribution in [0.15, 0.2) is 47.5 Å². The third kappa shape index (κ3) is 4.73. The van der Waals surface area contributed by atoms with E-state index in [0.29, 0.717) is 0 Å². The van der Waals surface area contributed by atoms with Gasteiger partial charge in [0.15, 0.2) is 0 Å². The molecule has 124 valence electrons. The SMILES string of the molecule is CCCCC(=NC#Cc1ccc(OC)cc1)c1cccc(C)c1C. The lowest BCUT2D eigenvalue weighted by Crippen LogP contribution is -2.04. The highest BCUT2D eigenvalue weighted by Crippen LogP contribution is 2.17. The van der Waals surface area contributed by atoms with E-state index >= 15 is 0 Å². The maximum absolute atomic E-state index is 5.16. The molecule has 0 aromatic heterocycles. The van der Waals surface area contributed by atoms with E-state index in [0.717, 1.165) is 36.3 Å². The highest BCUT2D eigenvalue weighted by Gasteiger charge is 2.07. The Morgan fingerprint density at radius 1 is 1.08 bits per heavy atom. The number of hydrogen-bond acceptors (Lipinski definition) is 2. The molecule has 0 aliphatic heterocycles. The van der Waals surface area contributed by atoms with Gasteiger partial charge in [0.1, 0.15) is 5.75 Å². The van der Waals surface area contributed by atoms with E-state index < -0.39 is 0 Å². The highest BCUT2D eigenvalue weighted by molar-refractivity contribution is 6.02. The van der Waals surface area contributed by atoms with Crippen molar-refractivity contribution in [3.63, 3.8) is 0 Å². The average molecular weight is 319 g/mol. The van der Waals surface area contributed by atoms with Crippen LogP contribution in [-0.2, 0) is 0 Å². The summed E-state index contributed by atoms with van der Waals surface area (Å²) in [5.41, 5.74) is 5.82. The minimum atomic E-state index is 0.836. The Morgan fingerprint density at radius 3 is 2.50 bits per heavy atom. The number of unbranched alkanes of at least 4 members (excludes halogenated alkanes) is 1. The lowest BCUT2D eigenvalue weighted by atomic mass is 9.97. The van der Waals surface area contributed by atoms with Gasteiger partial charge < -0.3 is 4.74 Å². The van der Waals surface area contributed by atoms with Crippen LogP contribution >= 0.6 is 0 Å². The van der Waals surface area contributed by atoms with E-state index in [-0.39, 0.29) is 0 Å². The van der Waals surface area contributed by atoms with Gasteiger partial charge in [0.25, 0.3) is 0 Å². The number of nitrogens with zero attached hydrogens (tertiary/aromatic N) is 1. The highest BCUT2D eigenvalue weighted by atomic mass is 16.5. The molecule has 0 bridgehead atoms. The van der Waals surface area contributed by atoms with Crippen LogP contribution in [0.5, 0.6) is 5.75 Å². The second-order valence-corrected chi connectivity index (χ2v) is 5.87. The Labute approximate surface area is 145 Å². The summed E-state index contributed by atoms with van der Waals surface area (Å²) in [5.74, 6) is 3.95. The van der Waals surface area contributed by atoms with Gasteiger partial charge in [0, 0.05) is 11.6 Å². The summed E-state index contributed by atoms with van der Waals surface area (Å²) in [6, 6.07) is 17.1. The number of aryl methyl sites for hydroxylation is 1. The number of benzene rings is 2. The van der Waals surface area contributed by atoms with E-state index in [2.05, 4.69) is 55.9 Å². The molecule has 0 unspecified atom stereocenters. The van der Waals surface area contributed by atoms with Crippen molar-refractivity contribution >= 4 is 5.71 Å². The average Bonchev–Trinajstić information content (AvgIpc) is 2.61. The fraction of sp³-hybridized carbons (Fsp3) is 0.318. The molecule has 0 radical (unpaired) electrons. The molecule has 0 amide bonds. The van der Waals surface area contributed by atoms with Gasteiger partial charge in [-0.05, 0) is 73.6 Å². The molecule has 2 aromatic carbocycles. The molecule has 0 spiro atoms. The number of aliphatic imine (C=N–C) groups is 1. The lowest BCUT2D eigenvalue weighted by molar-refractivity contribution is 0.415. The van der Waals surface area contributed by atoms with Crippen LogP contribution in [-0.4, -0.2) is 12.8 Å². The summed E-state index contributed by atoms with van der Waals surface area (Å²) in [6.07, 6.45) is 3.23. The third-order valence-corrected chi connectivity index (χ3v) is 4.16. The molecule has 0 atom stereocenters. The van der Waals surface area contributed by atoms with E-state index in [4.69, 9.17) is 4.74 Å². The first kappa shape index (κ1) is 17.8. The summed E-state index contributed by atoms with van der Waals surface area (Å²) in [4.78, 5) is 4.60. The lowest BCUT2D eigenvalue weighted by Gasteiger charge is -2.10. The largest absolute Gasteiger partial charge is 0.497 e. The Bertz CT molecular complexity index is 761. The second-order valence-electron chi connectivity index (χ2n) is 5.87. The van der Waals surface area contributed by atoms with E-state index in [1.807, 2.05) is 24.3 Å². The third-order valence-electron chi connectivity index (χ3n) is 4.16. The van der Waals surface area contributed by atoms with Gasteiger partial charge in [-0.3, -0.25) is 0 Å². The predicted octanol–water partition coefficient (Wildman–Crippen LogP) is 5.30.